The third-order valence-corrected chi connectivity index (χ3v) is 4.43. The number of nitrogens with zero attached hydrogens (tertiary/aromatic N) is 3. The van der Waals surface area contributed by atoms with Gasteiger partial charge >= 0.3 is 0 Å². The summed E-state index contributed by atoms with van der Waals surface area (Å²) in [6.07, 6.45) is 1.97. The smallest absolute Gasteiger partial charge is 0.227 e. The number of aromatic nitrogens is 2. The second-order valence-electron chi connectivity index (χ2n) is 6.38. The fourth-order valence-corrected chi connectivity index (χ4v) is 3.20. The molecule has 1 saturated heterocycles. The third-order valence-electron chi connectivity index (χ3n) is 4.43. The second-order valence-corrected chi connectivity index (χ2v) is 6.38. The molecule has 0 saturated carbocycles. The van der Waals surface area contributed by atoms with Crippen LogP contribution in [0, 0.1) is 13.8 Å². The average Bonchev–Trinajstić information content (AvgIpc) is 2.77. The number of fused-ring (bicyclic) bond motifs is 1. The summed E-state index contributed by atoms with van der Waals surface area (Å²) in [4.78, 5) is 11.7. The Labute approximate surface area is 130 Å². The van der Waals surface area contributed by atoms with Gasteiger partial charge in [-0.1, -0.05) is 6.07 Å². The topological polar surface area (TPSA) is 53.1 Å². The summed E-state index contributed by atoms with van der Waals surface area (Å²) in [6.45, 7) is 8.31. The van der Waals surface area contributed by atoms with Crippen molar-refractivity contribution in [2.45, 2.75) is 33.0 Å². The van der Waals surface area contributed by atoms with Crippen molar-refractivity contribution in [2.24, 2.45) is 0 Å². The molecular formula is C17H21N5. The molecule has 5 heteroatoms. The maximum atomic E-state index is 4.71. The highest BCUT2D eigenvalue weighted by Gasteiger charge is 2.30. The molecule has 3 heterocycles. The summed E-state index contributed by atoms with van der Waals surface area (Å²) in [5.41, 5.74) is 5.96. The van der Waals surface area contributed by atoms with E-state index in [1.807, 2.05) is 6.20 Å². The van der Waals surface area contributed by atoms with Gasteiger partial charge in [0.05, 0.1) is 5.69 Å². The predicted octanol–water partition coefficient (Wildman–Crippen LogP) is 2.12. The molecular weight excluding hydrogens is 274 g/mol. The predicted molar refractivity (Wildman–Crippen MR) is 87.1 cm³/mol. The van der Waals surface area contributed by atoms with E-state index < -0.39 is 0 Å². The summed E-state index contributed by atoms with van der Waals surface area (Å²) in [7, 11) is 0. The molecule has 0 unspecified atom stereocenters. The van der Waals surface area contributed by atoms with Gasteiger partial charge < -0.3 is 10.6 Å². The Kier molecular flexibility index (Phi) is 3.32. The van der Waals surface area contributed by atoms with Gasteiger partial charge in [-0.25, -0.2) is 9.97 Å². The fraction of sp³-hybridized carbons (Fsp3) is 0.412. The number of hydrogen-bond acceptors (Lipinski definition) is 5. The van der Waals surface area contributed by atoms with E-state index in [4.69, 9.17) is 4.98 Å². The molecule has 0 spiro atoms. The fourth-order valence-electron chi connectivity index (χ4n) is 3.20. The molecule has 2 aliphatic heterocycles. The lowest BCUT2D eigenvalue weighted by Gasteiger charge is -2.35. The van der Waals surface area contributed by atoms with Gasteiger partial charge in [0, 0.05) is 49.7 Å². The van der Waals surface area contributed by atoms with Crippen molar-refractivity contribution in [1.82, 2.24) is 20.2 Å². The van der Waals surface area contributed by atoms with Crippen LogP contribution >= 0.6 is 0 Å². The maximum Gasteiger partial charge on any atom is 0.227 e. The third kappa shape index (κ3) is 2.58. The molecule has 0 amide bonds. The second kappa shape index (κ2) is 5.34. The van der Waals surface area contributed by atoms with Crippen molar-refractivity contribution in [3.63, 3.8) is 0 Å². The lowest BCUT2D eigenvalue weighted by atomic mass is 10.1. The first kappa shape index (κ1) is 13.7. The molecule has 0 radical (unpaired) electrons. The molecule has 5 nitrogen and oxygen atoms in total. The van der Waals surface area contributed by atoms with Crippen molar-refractivity contribution in [3.8, 4) is 0 Å². The van der Waals surface area contributed by atoms with Crippen molar-refractivity contribution in [3.05, 3.63) is 46.8 Å². The van der Waals surface area contributed by atoms with Crippen LogP contribution in [0.4, 0.5) is 11.6 Å². The highest BCUT2D eigenvalue weighted by molar-refractivity contribution is 5.56. The van der Waals surface area contributed by atoms with Gasteiger partial charge in [0.25, 0.3) is 0 Å². The number of anilines is 2. The molecule has 2 aromatic rings. The van der Waals surface area contributed by atoms with E-state index in [2.05, 4.69) is 52.6 Å². The zero-order chi connectivity index (χ0) is 15.1. The summed E-state index contributed by atoms with van der Waals surface area (Å²) in [6, 6.07) is 7.07. The zero-order valence-electron chi connectivity index (χ0n) is 13.1. The van der Waals surface area contributed by atoms with Gasteiger partial charge in [-0.15, -0.1) is 0 Å². The Morgan fingerprint density at radius 1 is 1.14 bits per heavy atom. The van der Waals surface area contributed by atoms with Crippen LogP contribution in [0.25, 0.3) is 0 Å². The Balaban J connectivity index is 1.52. The van der Waals surface area contributed by atoms with Crippen LogP contribution in [-0.4, -0.2) is 34.0 Å². The molecule has 0 bridgehead atoms. The molecule has 0 atom stereocenters. The summed E-state index contributed by atoms with van der Waals surface area (Å²) in [5, 5.41) is 6.66. The average molecular weight is 295 g/mol. The molecule has 4 rings (SSSR count). The van der Waals surface area contributed by atoms with Crippen molar-refractivity contribution in [2.75, 3.05) is 18.4 Å². The highest BCUT2D eigenvalue weighted by atomic mass is 15.3. The van der Waals surface area contributed by atoms with Crippen LogP contribution in [0.3, 0.4) is 0 Å². The van der Waals surface area contributed by atoms with Gasteiger partial charge in [-0.05, 0) is 37.1 Å². The summed E-state index contributed by atoms with van der Waals surface area (Å²) in [5.74, 6) is 0.692. The summed E-state index contributed by atoms with van der Waals surface area (Å²) >= 11 is 0. The molecule has 2 N–H and O–H groups in total. The minimum atomic E-state index is 0.657. The molecule has 22 heavy (non-hydrogen) atoms. The molecule has 114 valence electrons. The van der Waals surface area contributed by atoms with Gasteiger partial charge in [-0.3, -0.25) is 4.90 Å². The van der Waals surface area contributed by atoms with E-state index in [0.717, 1.165) is 37.6 Å². The minimum absolute atomic E-state index is 0.657. The Morgan fingerprint density at radius 3 is 2.59 bits per heavy atom. The number of nitrogens with one attached hydrogen (secondary N) is 2. The van der Waals surface area contributed by atoms with Gasteiger partial charge in [0.15, 0.2) is 0 Å². The van der Waals surface area contributed by atoms with E-state index >= 15 is 0 Å². The number of hydrogen-bond donors (Lipinski definition) is 2. The minimum Gasteiger partial charge on any atom is -0.324 e. The maximum absolute atomic E-state index is 4.71. The molecule has 1 aromatic carbocycles. The van der Waals surface area contributed by atoms with Gasteiger partial charge in [0.1, 0.15) is 0 Å². The van der Waals surface area contributed by atoms with Crippen molar-refractivity contribution in [1.29, 1.82) is 0 Å². The first-order valence-corrected chi connectivity index (χ1v) is 7.82. The summed E-state index contributed by atoms with van der Waals surface area (Å²) < 4.78 is 0. The normalized spacial score (nSPS) is 18.1. The first-order chi connectivity index (χ1) is 10.7. The van der Waals surface area contributed by atoms with Crippen LogP contribution in [0.1, 0.15) is 22.4 Å². The Hall–Kier alpha value is -1.98. The number of benzene rings is 1. The van der Waals surface area contributed by atoms with Crippen molar-refractivity contribution < 1.29 is 0 Å². The Morgan fingerprint density at radius 2 is 1.91 bits per heavy atom. The zero-order valence-corrected chi connectivity index (χ0v) is 13.1. The lowest BCUT2D eigenvalue weighted by Crippen LogP contribution is -2.55. The number of rotatable bonds is 3. The van der Waals surface area contributed by atoms with E-state index in [-0.39, 0.29) is 0 Å². The highest BCUT2D eigenvalue weighted by Crippen LogP contribution is 2.25. The Bertz CT molecular complexity index is 688. The number of aryl methyl sites for hydroxylation is 2. The van der Waals surface area contributed by atoms with Crippen LogP contribution in [0.2, 0.25) is 0 Å². The SMILES string of the molecule is Cc1cc(C)cc(Nc2ncc3c(n2)CN(C2CNC2)C3)c1. The van der Waals surface area contributed by atoms with Crippen LogP contribution < -0.4 is 10.6 Å². The molecule has 1 fully saturated rings. The largest absolute Gasteiger partial charge is 0.324 e. The van der Waals surface area contributed by atoms with Crippen LogP contribution in [0.15, 0.2) is 24.4 Å². The first-order valence-electron chi connectivity index (χ1n) is 7.82. The van der Waals surface area contributed by atoms with Crippen LogP contribution in [-0.2, 0) is 13.1 Å². The van der Waals surface area contributed by atoms with E-state index in [9.17, 15) is 0 Å². The monoisotopic (exact) mass is 295 g/mol. The van der Waals surface area contributed by atoms with E-state index in [1.54, 1.807) is 0 Å². The van der Waals surface area contributed by atoms with Gasteiger partial charge in [-0.2, -0.15) is 0 Å². The lowest BCUT2D eigenvalue weighted by molar-refractivity contribution is 0.145. The standard InChI is InChI=1S/C17H21N5/c1-11-3-12(2)5-14(4-11)20-17-19-6-13-9-22(10-16(13)21-17)15-7-18-8-15/h3-6,15,18H,7-10H2,1-2H3,(H,19,20,21). The molecule has 1 aromatic heterocycles. The molecule has 0 aliphatic carbocycles. The molecule has 2 aliphatic rings. The van der Waals surface area contributed by atoms with E-state index in [0.29, 0.717) is 12.0 Å². The van der Waals surface area contributed by atoms with Gasteiger partial charge in [0.2, 0.25) is 5.95 Å². The quantitative estimate of drug-likeness (QED) is 0.908. The van der Waals surface area contributed by atoms with E-state index in [1.165, 1.54) is 16.7 Å². The van der Waals surface area contributed by atoms with Crippen LogP contribution in [0.5, 0.6) is 0 Å². The van der Waals surface area contributed by atoms with Crippen molar-refractivity contribution >= 4 is 11.6 Å².